The molecule has 8 heteroatoms. The number of carbonyl (C=O) groups excluding carboxylic acids is 2. The van der Waals surface area contributed by atoms with Crippen LogP contribution in [0.25, 0.3) is 0 Å². The average molecular weight is 459 g/mol. The number of ether oxygens (including phenoxy) is 1. The number of guanidine groups is 1. The summed E-state index contributed by atoms with van der Waals surface area (Å²) >= 11 is 3.44. The second-order valence-electron chi connectivity index (χ2n) is 6.68. The third-order valence-corrected chi connectivity index (χ3v) is 4.73. The average Bonchev–Trinajstić information content (AvgIpc) is 3.19. The lowest BCUT2D eigenvalue weighted by Gasteiger charge is -2.14. The van der Waals surface area contributed by atoms with Gasteiger partial charge in [-0.2, -0.15) is 0 Å². The summed E-state index contributed by atoms with van der Waals surface area (Å²) in [7, 11) is 0. The number of benzene rings is 2. The van der Waals surface area contributed by atoms with Crippen LogP contribution in [0.1, 0.15) is 30.1 Å². The Hall–Kier alpha value is -2.71. The van der Waals surface area contributed by atoms with E-state index in [1.807, 2.05) is 24.3 Å². The maximum atomic E-state index is 12.8. The van der Waals surface area contributed by atoms with E-state index in [4.69, 9.17) is 4.74 Å². The molecule has 7 nitrogen and oxygen atoms in total. The number of nitrogens with one attached hydrogen (secondary N) is 3. The van der Waals surface area contributed by atoms with Gasteiger partial charge in [0.2, 0.25) is 11.9 Å². The first-order valence-electron chi connectivity index (χ1n) is 9.37. The lowest BCUT2D eigenvalue weighted by atomic mass is 10.2. The Morgan fingerprint density at radius 2 is 1.90 bits per heavy atom. The molecule has 1 unspecified atom stereocenters. The van der Waals surface area contributed by atoms with E-state index in [9.17, 15) is 9.59 Å². The van der Waals surface area contributed by atoms with Crippen LogP contribution in [0, 0.1) is 0 Å². The van der Waals surface area contributed by atoms with Crippen LogP contribution < -0.4 is 16.0 Å². The minimum absolute atomic E-state index is 0.0642. The van der Waals surface area contributed by atoms with Gasteiger partial charge in [-0.1, -0.05) is 28.1 Å². The Balaban J connectivity index is 1.75. The van der Waals surface area contributed by atoms with E-state index in [-0.39, 0.29) is 17.9 Å². The summed E-state index contributed by atoms with van der Waals surface area (Å²) in [5.41, 5.74) is 1.76. The van der Waals surface area contributed by atoms with Crippen molar-refractivity contribution in [1.29, 1.82) is 0 Å². The number of aliphatic imine (C=N–C) groups is 1. The van der Waals surface area contributed by atoms with Crippen molar-refractivity contribution in [2.75, 3.05) is 23.8 Å². The van der Waals surface area contributed by atoms with E-state index in [1.165, 1.54) is 6.92 Å². The van der Waals surface area contributed by atoms with Gasteiger partial charge in [0.15, 0.2) is 0 Å². The van der Waals surface area contributed by atoms with Gasteiger partial charge in [0.1, 0.15) is 0 Å². The fourth-order valence-electron chi connectivity index (χ4n) is 2.92. The summed E-state index contributed by atoms with van der Waals surface area (Å²) in [5, 5.41) is 8.65. The summed E-state index contributed by atoms with van der Waals surface area (Å²) < 4.78 is 6.53. The number of halogens is 1. The predicted molar refractivity (Wildman–Crippen MR) is 117 cm³/mol. The van der Waals surface area contributed by atoms with E-state index in [0.717, 1.165) is 29.6 Å². The molecule has 1 atom stereocenters. The molecule has 2 aromatic rings. The molecule has 1 aliphatic rings. The number of hydrogen-bond donors (Lipinski definition) is 3. The topological polar surface area (TPSA) is 91.8 Å². The van der Waals surface area contributed by atoms with Crippen LogP contribution in [0.2, 0.25) is 0 Å². The van der Waals surface area contributed by atoms with Crippen LogP contribution in [-0.4, -0.2) is 37.0 Å². The van der Waals surface area contributed by atoms with Gasteiger partial charge in [0, 0.05) is 34.9 Å². The van der Waals surface area contributed by atoms with Gasteiger partial charge < -0.3 is 15.4 Å². The van der Waals surface area contributed by atoms with Crippen molar-refractivity contribution in [3.05, 3.63) is 58.6 Å². The molecule has 0 radical (unpaired) electrons. The lowest BCUT2D eigenvalue weighted by Crippen LogP contribution is -2.36. The van der Waals surface area contributed by atoms with E-state index in [0.29, 0.717) is 23.8 Å². The summed E-state index contributed by atoms with van der Waals surface area (Å²) in [6.45, 7) is 2.63. The fraction of sp³-hybridized carbons (Fsp3) is 0.286. The Kier molecular flexibility index (Phi) is 7.37. The molecule has 1 saturated heterocycles. The minimum Gasteiger partial charge on any atom is -0.376 e. The molecule has 3 rings (SSSR count). The van der Waals surface area contributed by atoms with Crippen molar-refractivity contribution in [2.24, 2.45) is 4.99 Å². The first-order chi connectivity index (χ1) is 14.0. The fourth-order valence-corrected chi connectivity index (χ4v) is 3.32. The van der Waals surface area contributed by atoms with E-state index >= 15 is 0 Å². The van der Waals surface area contributed by atoms with Crippen molar-refractivity contribution >= 4 is 45.1 Å². The van der Waals surface area contributed by atoms with E-state index in [1.54, 1.807) is 24.3 Å². The number of carbonyl (C=O) groups is 2. The standard InChI is InChI=1S/C21H23BrN4O3/c1-14(27)24-17-7-2-5-15(11-17)20(28)26-21(23-13-19-9-4-10-29-19)25-18-8-3-6-16(22)12-18/h2-3,5-8,11-12,19H,4,9-10,13H2,1H3,(H,24,27)(H2,23,25,26,28). The summed E-state index contributed by atoms with van der Waals surface area (Å²) in [6.07, 6.45) is 2.05. The molecule has 3 N–H and O–H groups in total. The van der Waals surface area contributed by atoms with Crippen molar-refractivity contribution in [1.82, 2.24) is 5.32 Å². The Bertz CT molecular complexity index is 910. The van der Waals surface area contributed by atoms with Crippen LogP contribution in [0.4, 0.5) is 11.4 Å². The first kappa shape index (κ1) is 21.0. The highest BCUT2D eigenvalue weighted by Gasteiger charge is 2.16. The molecule has 1 aliphatic heterocycles. The van der Waals surface area contributed by atoms with Gasteiger partial charge in [-0.25, -0.2) is 4.99 Å². The summed E-state index contributed by atoms with van der Waals surface area (Å²) in [4.78, 5) is 28.5. The van der Waals surface area contributed by atoms with Gasteiger partial charge in [0.05, 0.1) is 12.6 Å². The molecule has 0 saturated carbocycles. The highest BCUT2D eigenvalue weighted by Crippen LogP contribution is 2.16. The van der Waals surface area contributed by atoms with E-state index < -0.39 is 0 Å². The zero-order valence-electron chi connectivity index (χ0n) is 16.1. The van der Waals surface area contributed by atoms with Gasteiger partial charge in [-0.3, -0.25) is 14.9 Å². The van der Waals surface area contributed by atoms with Crippen molar-refractivity contribution < 1.29 is 14.3 Å². The number of anilines is 2. The zero-order valence-corrected chi connectivity index (χ0v) is 17.7. The Morgan fingerprint density at radius 3 is 2.59 bits per heavy atom. The Morgan fingerprint density at radius 1 is 1.14 bits per heavy atom. The lowest BCUT2D eigenvalue weighted by molar-refractivity contribution is -0.114. The molecule has 0 spiro atoms. The van der Waals surface area contributed by atoms with Crippen LogP contribution in [0.15, 0.2) is 58.0 Å². The molecule has 0 bridgehead atoms. The Labute approximate surface area is 178 Å². The molecule has 2 aromatic carbocycles. The molecule has 29 heavy (non-hydrogen) atoms. The monoisotopic (exact) mass is 458 g/mol. The number of amides is 2. The number of rotatable bonds is 5. The molecule has 152 valence electrons. The second kappa shape index (κ2) is 10.2. The molecule has 0 aliphatic carbocycles. The molecular weight excluding hydrogens is 436 g/mol. The van der Waals surface area contributed by atoms with Crippen LogP contribution >= 0.6 is 15.9 Å². The number of nitrogens with zero attached hydrogens (tertiary/aromatic N) is 1. The predicted octanol–water partition coefficient (Wildman–Crippen LogP) is 3.78. The third kappa shape index (κ3) is 6.69. The molecular formula is C21H23BrN4O3. The minimum atomic E-state index is -0.328. The first-order valence-corrected chi connectivity index (χ1v) is 10.2. The second-order valence-corrected chi connectivity index (χ2v) is 7.59. The maximum absolute atomic E-state index is 12.8. The van der Waals surface area contributed by atoms with Crippen LogP contribution in [-0.2, 0) is 9.53 Å². The molecule has 0 aromatic heterocycles. The highest BCUT2D eigenvalue weighted by atomic mass is 79.9. The van der Waals surface area contributed by atoms with Crippen LogP contribution in [0.5, 0.6) is 0 Å². The maximum Gasteiger partial charge on any atom is 0.258 e. The van der Waals surface area contributed by atoms with Crippen molar-refractivity contribution in [3.63, 3.8) is 0 Å². The zero-order chi connectivity index (χ0) is 20.6. The highest BCUT2D eigenvalue weighted by molar-refractivity contribution is 9.10. The SMILES string of the molecule is CC(=O)Nc1cccc(C(=O)NC(=NCC2CCCO2)Nc2cccc(Br)c2)c1. The van der Waals surface area contributed by atoms with Gasteiger partial charge >= 0.3 is 0 Å². The summed E-state index contributed by atoms with van der Waals surface area (Å²) in [6, 6.07) is 14.3. The molecule has 2 amide bonds. The normalized spacial score (nSPS) is 16.3. The van der Waals surface area contributed by atoms with Gasteiger partial charge in [-0.15, -0.1) is 0 Å². The number of hydrogen-bond acceptors (Lipinski definition) is 4. The molecule has 1 heterocycles. The smallest absolute Gasteiger partial charge is 0.258 e. The van der Waals surface area contributed by atoms with Gasteiger partial charge in [0.25, 0.3) is 5.91 Å². The molecule has 1 fully saturated rings. The summed E-state index contributed by atoms with van der Waals surface area (Å²) in [5.74, 6) is -0.183. The van der Waals surface area contributed by atoms with E-state index in [2.05, 4.69) is 36.9 Å². The van der Waals surface area contributed by atoms with Crippen molar-refractivity contribution in [3.8, 4) is 0 Å². The van der Waals surface area contributed by atoms with Crippen molar-refractivity contribution in [2.45, 2.75) is 25.9 Å². The third-order valence-electron chi connectivity index (χ3n) is 4.24. The quantitative estimate of drug-likeness (QED) is 0.469. The van der Waals surface area contributed by atoms with Gasteiger partial charge in [-0.05, 0) is 49.2 Å². The largest absolute Gasteiger partial charge is 0.376 e. The van der Waals surface area contributed by atoms with Crippen LogP contribution in [0.3, 0.4) is 0 Å².